The molecule has 0 radical (unpaired) electrons. The number of hydrogen-bond acceptors (Lipinski definition) is 3. The van der Waals surface area contributed by atoms with E-state index in [0.717, 1.165) is 23.0 Å². The fourth-order valence-corrected chi connectivity index (χ4v) is 2.87. The van der Waals surface area contributed by atoms with Gasteiger partial charge in [0.25, 0.3) is 0 Å². The Balaban J connectivity index is 2.43. The van der Waals surface area contributed by atoms with Crippen LogP contribution >= 0.6 is 15.9 Å². The van der Waals surface area contributed by atoms with Crippen LogP contribution in [0.4, 0.5) is 0 Å². The van der Waals surface area contributed by atoms with Crippen molar-refractivity contribution in [3.8, 4) is 0 Å². The first-order valence-corrected chi connectivity index (χ1v) is 8.03. The third-order valence-electron chi connectivity index (χ3n) is 3.59. The van der Waals surface area contributed by atoms with Crippen LogP contribution in [0, 0.1) is 6.92 Å². The molecule has 1 unspecified atom stereocenters. The maximum absolute atomic E-state index is 5.67. The van der Waals surface area contributed by atoms with Gasteiger partial charge in [-0.2, -0.15) is 5.10 Å². The molecule has 0 aliphatic rings. The van der Waals surface area contributed by atoms with Crippen LogP contribution in [0.15, 0.2) is 4.47 Å². The molecule has 0 saturated carbocycles. The summed E-state index contributed by atoms with van der Waals surface area (Å²) in [6, 6.07) is 0.327. The Morgan fingerprint density at radius 3 is 2.53 bits per heavy atom. The van der Waals surface area contributed by atoms with E-state index in [2.05, 4.69) is 33.4 Å². The minimum atomic E-state index is 0.327. The van der Waals surface area contributed by atoms with Crippen LogP contribution in [0.5, 0.6) is 0 Å². The second-order valence-corrected chi connectivity index (χ2v) is 6.03. The topological polar surface area (TPSA) is 55.9 Å². The van der Waals surface area contributed by atoms with Crippen molar-refractivity contribution in [3.63, 3.8) is 0 Å². The monoisotopic (exact) mass is 330 g/mol. The number of hydrazine groups is 1. The number of nitrogens with zero attached hydrogens (tertiary/aromatic N) is 2. The van der Waals surface area contributed by atoms with Gasteiger partial charge < -0.3 is 0 Å². The molecule has 0 aliphatic heterocycles. The Bertz CT molecular complexity index is 376. The molecule has 0 amide bonds. The summed E-state index contributed by atoms with van der Waals surface area (Å²) in [4.78, 5) is 0. The quantitative estimate of drug-likeness (QED) is 0.415. The molecular formula is C14H27BrN4. The van der Waals surface area contributed by atoms with Crippen LogP contribution in [0.1, 0.15) is 56.8 Å². The predicted molar refractivity (Wildman–Crippen MR) is 83.8 cm³/mol. The van der Waals surface area contributed by atoms with Gasteiger partial charge in [0.15, 0.2) is 0 Å². The maximum atomic E-state index is 5.67. The van der Waals surface area contributed by atoms with Crippen LogP contribution in [0.2, 0.25) is 0 Å². The summed E-state index contributed by atoms with van der Waals surface area (Å²) in [5, 5.41) is 4.42. The molecule has 1 atom stereocenters. The molecule has 4 nitrogen and oxygen atoms in total. The molecule has 0 aromatic carbocycles. The van der Waals surface area contributed by atoms with Gasteiger partial charge in [-0.05, 0) is 29.3 Å². The van der Waals surface area contributed by atoms with E-state index in [-0.39, 0.29) is 0 Å². The molecule has 0 aliphatic carbocycles. The van der Waals surface area contributed by atoms with Crippen molar-refractivity contribution in [1.29, 1.82) is 0 Å². The number of unbranched alkanes of at least 4 members (excludes halogenated alkanes) is 4. The number of nitrogens with one attached hydrogen (secondary N) is 1. The fraction of sp³-hybridized carbons (Fsp3) is 0.786. The Kier molecular flexibility index (Phi) is 7.64. The minimum absolute atomic E-state index is 0.327. The van der Waals surface area contributed by atoms with Crippen LogP contribution < -0.4 is 11.3 Å². The fourth-order valence-electron chi connectivity index (χ4n) is 2.37. The van der Waals surface area contributed by atoms with Gasteiger partial charge in [-0.25, -0.2) is 0 Å². The molecule has 0 saturated heterocycles. The van der Waals surface area contributed by atoms with Gasteiger partial charge in [-0.15, -0.1) is 0 Å². The normalized spacial score (nSPS) is 12.9. The van der Waals surface area contributed by atoms with Crippen LogP contribution in [0.25, 0.3) is 0 Å². The molecule has 5 heteroatoms. The van der Waals surface area contributed by atoms with Crippen molar-refractivity contribution in [2.24, 2.45) is 12.9 Å². The zero-order chi connectivity index (χ0) is 14.3. The Labute approximate surface area is 125 Å². The molecule has 0 spiro atoms. The van der Waals surface area contributed by atoms with E-state index in [1.807, 2.05) is 18.7 Å². The van der Waals surface area contributed by atoms with Crippen molar-refractivity contribution >= 4 is 15.9 Å². The summed E-state index contributed by atoms with van der Waals surface area (Å²) < 4.78 is 3.06. The average Bonchev–Trinajstić information content (AvgIpc) is 2.63. The Morgan fingerprint density at radius 1 is 1.32 bits per heavy atom. The minimum Gasteiger partial charge on any atom is -0.271 e. The van der Waals surface area contributed by atoms with E-state index >= 15 is 0 Å². The van der Waals surface area contributed by atoms with Gasteiger partial charge >= 0.3 is 0 Å². The first kappa shape index (κ1) is 16.7. The zero-order valence-corrected chi connectivity index (χ0v) is 14.0. The van der Waals surface area contributed by atoms with E-state index < -0.39 is 0 Å². The van der Waals surface area contributed by atoms with E-state index in [1.54, 1.807) is 0 Å². The van der Waals surface area contributed by atoms with Gasteiger partial charge in [0, 0.05) is 19.5 Å². The van der Waals surface area contributed by atoms with Gasteiger partial charge in [0.2, 0.25) is 0 Å². The second kappa shape index (κ2) is 8.72. The molecule has 19 heavy (non-hydrogen) atoms. The number of aryl methyl sites for hydroxylation is 2. The highest BCUT2D eigenvalue weighted by molar-refractivity contribution is 9.10. The summed E-state index contributed by atoms with van der Waals surface area (Å²) in [6.45, 7) is 4.26. The third-order valence-corrected chi connectivity index (χ3v) is 4.62. The molecular weight excluding hydrogens is 304 g/mol. The zero-order valence-electron chi connectivity index (χ0n) is 12.4. The van der Waals surface area contributed by atoms with E-state index in [4.69, 9.17) is 5.84 Å². The Hall–Kier alpha value is -0.390. The molecule has 1 heterocycles. The van der Waals surface area contributed by atoms with E-state index in [1.165, 1.54) is 37.8 Å². The van der Waals surface area contributed by atoms with Gasteiger partial charge in [-0.1, -0.05) is 39.0 Å². The first-order valence-electron chi connectivity index (χ1n) is 7.24. The highest BCUT2D eigenvalue weighted by Crippen LogP contribution is 2.22. The summed E-state index contributed by atoms with van der Waals surface area (Å²) in [5.74, 6) is 5.67. The summed E-state index contributed by atoms with van der Waals surface area (Å²) in [6.07, 6.45) is 8.55. The standard InChI is InChI=1S/C14H27BrN4/c1-4-5-6-7-8-9-12(17-16)10-13-14(15)11(2)18-19(13)3/h12,17H,4-10,16H2,1-3H3. The lowest BCUT2D eigenvalue weighted by molar-refractivity contribution is 0.450. The van der Waals surface area contributed by atoms with Gasteiger partial charge in [0.1, 0.15) is 0 Å². The second-order valence-electron chi connectivity index (χ2n) is 5.24. The maximum Gasteiger partial charge on any atom is 0.0738 e. The molecule has 0 fully saturated rings. The van der Waals surface area contributed by atoms with Crippen molar-refractivity contribution in [3.05, 3.63) is 15.9 Å². The van der Waals surface area contributed by atoms with Crippen molar-refractivity contribution in [1.82, 2.24) is 15.2 Å². The molecule has 1 rings (SSSR count). The first-order chi connectivity index (χ1) is 9.10. The van der Waals surface area contributed by atoms with Crippen molar-refractivity contribution in [2.75, 3.05) is 0 Å². The lowest BCUT2D eigenvalue weighted by atomic mass is 10.0. The number of aromatic nitrogens is 2. The van der Waals surface area contributed by atoms with Crippen LogP contribution in [-0.2, 0) is 13.5 Å². The summed E-state index contributed by atoms with van der Waals surface area (Å²) in [7, 11) is 1.99. The Morgan fingerprint density at radius 2 is 2.00 bits per heavy atom. The predicted octanol–water partition coefficient (Wildman–Crippen LogP) is 3.23. The third kappa shape index (κ3) is 5.24. The van der Waals surface area contributed by atoms with Crippen molar-refractivity contribution < 1.29 is 0 Å². The van der Waals surface area contributed by atoms with Crippen molar-refractivity contribution in [2.45, 2.75) is 64.8 Å². The SMILES string of the molecule is CCCCCCCC(Cc1c(Br)c(C)nn1C)NN. The molecule has 1 aromatic rings. The lowest BCUT2D eigenvalue weighted by Gasteiger charge is -2.16. The van der Waals surface area contributed by atoms with Crippen LogP contribution in [-0.4, -0.2) is 15.8 Å². The number of hydrogen-bond donors (Lipinski definition) is 2. The van der Waals surface area contributed by atoms with Crippen LogP contribution in [0.3, 0.4) is 0 Å². The average molecular weight is 331 g/mol. The number of nitrogens with two attached hydrogens (primary N) is 1. The molecule has 1 aromatic heterocycles. The smallest absolute Gasteiger partial charge is 0.0738 e. The number of rotatable bonds is 9. The largest absolute Gasteiger partial charge is 0.271 e. The van der Waals surface area contributed by atoms with E-state index in [9.17, 15) is 0 Å². The summed E-state index contributed by atoms with van der Waals surface area (Å²) >= 11 is 3.61. The highest BCUT2D eigenvalue weighted by atomic mass is 79.9. The molecule has 3 N–H and O–H groups in total. The van der Waals surface area contributed by atoms with Gasteiger partial charge in [-0.3, -0.25) is 16.0 Å². The highest BCUT2D eigenvalue weighted by Gasteiger charge is 2.15. The number of halogens is 1. The molecule has 110 valence electrons. The van der Waals surface area contributed by atoms with E-state index in [0.29, 0.717) is 6.04 Å². The summed E-state index contributed by atoms with van der Waals surface area (Å²) in [5.41, 5.74) is 5.20. The lowest BCUT2D eigenvalue weighted by Crippen LogP contribution is -2.37. The van der Waals surface area contributed by atoms with Gasteiger partial charge in [0.05, 0.1) is 15.9 Å². The molecule has 0 bridgehead atoms.